The van der Waals surface area contributed by atoms with E-state index in [0.717, 1.165) is 12.8 Å². The summed E-state index contributed by atoms with van der Waals surface area (Å²) in [5, 5.41) is 20.0. The van der Waals surface area contributed by atoms with Crippen LogP contribution in [0.2, 0.25) is 0 Å². The van der Waals surface area contributed by atoms with Crippen LogP contribution >= 0.6 is 0 Å². The fraction of sp³-hybridized carbons (Fsp3) is 0.897. The SMILES string of the molecule is CC(C)[C@H](N)C(=O)O.CCCCCCCCCCCCCCCCCCNC(=O)OCC(CO)C(=O)NOC. The van der Waals surface area contributed by atoms with E-state index in [1.807, 2.05) is 0 Å². The number of aliphatic hydroxyl groups is 1. The molecule has 0 radical (unpaired) electrons. The Morgan fingerprint density at radius 1 is 0.795 bits per heavy atom. The molecule has 10 heteroatoms. The van der Waals surface area contributed by atoms with Crippen molar-refractivity contribution < 1.29 is 34.2 Å². The van der Waals surface area contributed by atoms with Gasteiger partial charge < -0.3 is 26.0 Å². The zero-order chi connectivity index (χ0) is 29.7. The molecule has 0 aliphatic rings. The van der Waals surface area contributed by atoms with Gasteiger partial charge >= 0.3 is 12.1 Å². The largest absolute Gasteiger partial charge is 0.480 e. The number of nitrogens with one attached hydrogen (secondary N) is 2. The standard InChI is InChI=1S/C24H48N2O5.C5H11NO2/c1-3-4-5-6-7-8-9-10-11-12-13-14-15-16-17-18-19-25-24(29)31-21-22(20-27)23(28)26-30-2;1-3(2)4(6)5(7)8/h22,27H,3-21H2,1-2H3,(H,25,29)(H,26,28);3-4H,6H2,1-2H3,(H,7,8)/t;4-/m.0/s1. The summed E-state index contributed by atoms with van der Waals surface area (Å²) in [6.07, 6.45) is 20.5. The second-order valence-corrected chi connectivity index (χ2v) is 10.5. The van der Waals surface area contributed by atoms with Crippen LogP contribution in [0.3, 0.4) is 0 Å². The quantitative estimate of drug-likeness (QED) is 0.0782. The van der Waals surface area contributed by atoms with Crippen molar-refractivity contribution in [3.63, 3.8) is 0 Å². The van der Waals surface area contributed by atoms with Gasteiger partial charge in [0.1, 0.15) is 12.6 Å². The average molecular weight is 562 g/mol. The molecule has 0 aromatic rings. The summed E-state index contributed by atoms with van der Waals surface area (Å²) in [5.74, 6) is -2.26. The molecule has 0 aliphatic carbocycles. The zero-order valence-corrected chi connectivity index (χ0v) is 25.2. The topological polar surface area (TPSA) is 160 Å². The van der Waals surface area contributed by atoms with Crippen LogP contribution < -0.4 is 16.5 Å². The number of carboxylic acids is 1. The molecule has 0 aliphatic heterocycles. The van der Waals surface area contributed by atoms with Gasteiger partial charge in [-0.05, 0) is 12.3 Å². The van der Waals surface area contributed by atoms with Crippen molar-refractivity contribution in [1.29, 1.82) is 0 Å². The fourth-order valence-corrected chi connectivity index (χ4v) is 3.77. The molecule has 6 N–H and O–H groups in total. The van der Waals surface area contributed by atoms with Gasteiger partial charge in [-0.25, -0.2) is 10.3 Å². The Labute approximate surface area is 237 Å². The summed E-state index contributed by atoms with van der Waals surface area (Å²) >= 11 is 0. The first-order chi connectivity index (χ1) is 18.7. The van der Waals surface area contributed by atoms with Crippen LogP contribution in [-0.4, -0.2) is 61.1 Å². The van der Waals surface area contributed by atoms with Crippen molar-refractivity contribution in [3.8, 4) is 0 Å². The maximum atomic E-state index is 11.6. The van der Waals surface area contributed by atoms with E-state index in [-0.39, 0.29) is 12.5 Å². The minimum absolute atomic E-state index is 0.0208. The first-order valence-electron chi connectivity index (χ1n) is 15.0. The Bertz CT molecular complexity index is 591. The lowest BCUT2D eigenvalue weighted by Crippen LogP contribution is -2.36. The maximum Gasteiger partial charge on any atom is 0.407 e. The van der Waals surface area contributed by atoms with Crippen molar-refractivity contribution in [2.75, 3.05) is 26.9 Å². The molecule has 10 nitrogen and oxygen atoms in total. The third kappa shape index (κ3) is 27.4. The number of carbonyl (C=O) groups excluding carboxylic acids is 2. The maximum absolute atomic E-state index is 11.6. The summed E-state index contributed by atoms with van der Waals surface area (Å²) in [5.41, 5.74) is 7.27. The van der Waals surface area contributed by atoms with Gasteiger partial charge in [0.25, 0.3) is 5.91 Å². The van der Waals surface area contributed by atoms with Crippen molar-refractivity contribution >= 4 is 18.0 Å². The van der Waals surface area contributed by atoms with E-state index >= 15 is 0 Å². The number of alkyl carbamates (subject to hydrolysis) is 1. The van der Waals surface area contributed by atoms with E-state index in [0.29, 0.717) is 6.54 Å². The smallest absolute Gasteiger partial charge is 0.407 e. The number of aliphatic hydroxyl groups excluding tert-OH is 1. The summed E-state index contributed by atoms with van der Waals surface area (Å²) in [6, 6.07) is -0.713. The Balaban J connectivity index is 0. The van der Waals surface area contributed by atoms with Gasteiger partial charge in [0.2, 0.25) is 0 Å². The Morgan fingerprint density at radius 2 is 1.23 bits per heavy atom. The van der Waals surface area contributed by atoms with E-state index in [1.165, 1.54) is 97.0 Å². The molecular weight excluding hydrogens is 502 g/mol. The number of hydroxylamine groups is 1. The molecule has 0 aromatic heterocycles. The van der Waals surface area contributed by atoms with E-state index < -0.39 is 36.5 Å². The number of carboxylic acid groups (broad SMARTS) is 1. The van der Waals surface area contributed by atoms with Crippen molar-refractivity contribution in [3.05, 3.63) is 0 Å². The molecule has 0 aromatic carbocycles. The first kappa shape index (κ1) is 39.2. The van der Waals surface area contributed by atoms with Gasteiger partial charge in [0, 0.05) is 6.54 Å². The predicted octanol–water partition coefficient (Wildman–Crippen LogP) is 5.31. The highest BCUT2D eigenvalue weighted by Crippen LogP contribution is 2.13. The third-order valence-electron chi connectivity index (χ3n) is 6.51. The molecule has 2 atom stereocenters. The minimum atomic E-state index is -0.931. The fourth-order valence-electron chi connectivity index (χ4n) is 3.77. The molecule has 0 saturated heterocycles. The van der Waals surface area contributed by atoms with E-state index in [2.05, 4.69) is 22.6 Å². The summed E-state index contributed by atoms with van der Waals surface area (Å²) in [7, 11) is 1.30. The average Bonchev–Trinajstić information content (AvgIpc) is 2.90. The van der Waals surface area contributed by atoms with Gasteiger partial charge in [-0.1, -0.05) is 117 Å². The van der Waals surface area contributed by atoms with E-state index in [4.69, 9.17) is 20.7 Å². The Morgan fingerprint density at radius 3 is 1.56 bits per heavy atom. The molecule has 0 bridgehead atoms. The lowest BCUT2D eigenvalue weighted by Gasteiger charge is -2.13. The van der Waals surface area contributed by atoms with E-state index in [9.17, 15) is 14.4 Å². The van der Waals surface area contributed by atoms with Crippen LogP contribution in [0.4, 0.5) is 4.79 Å². The van der Waals surface area contributed by atoms with E-state index in [1.54, 1.807) is 13.8 Å². The Kier molecular flexibility index (Phi) is 29.3. The van der Waals surface area contributed by atoms with Crippen LogP contribution in [-0.2, 0) is 19.2 Å². The van der Waals surface area contributed by atoms with Crippen LogP contribution in [0.25, 0.3) is 0 Å². The number of rotatable bonds is 24. The van der Waals surface area contributed by atoms with Gasteiger partial charge in [-0.2, -0.15) is 0 Å². The van der Waals surface area contributed by atoms with Crippen LogP contribution in [0.1, 0.15) is 124 Å². The van der Waals surface area contributed by atoms with Crippen molar-refractivity contribution in [2.24, 2.45) is 17.6 Å². The lowest BCUT2D eigenvalue weighted by atomic mass is 10.0. The normalized spacial score (nSPS) is 12.3. The van der Waals surface area contributed by atoms with Gasteiger partial charge in [0.05, 0.1) is 19.6 Å². The minimum Gasteiger partial charge on any atom is -0.480 e. The Hall–Kier alpha value is -1.91. The van der Waals surface area contributed by atoms with Crippen molar-refractivity contribution in [1.82, 2.24) is 10.8 Å². The number of aliphatic carboxylic acids is 1. The molecule has 1 unspecified atom stereocenters. The summed E-state index contributed by atoms with van der Waals surface area (Å²) < 4.78 is 4.96. The molecule has 2 amide bonds. The predicted molar refractivity (Wildman–Crippen MR) is 155 cm³/mol. The summed E-state index contributed by atoms with van der Waals surface area (Å²) in [6.45, 7) is 5.78. The van der Waals surface area contributed by atoms with Gasteiger partial charge in [-0.15, -0.1) is 0 Å². The second-order valence-electron chi connectivity index (χ2n) is 10.5. The highest BCUT2D eigenvalue weighted by molar-refractivity contribution is 5.78. The highest BCUT2D eigenvalue weighted by Gasteiger charge is 2.19. The van der Waals surface area contributed by atoms with Crippen LogP contribution in [0, 0.1) is 11.8 Å². The molecule has 39 heavy (non-hydrogen) atoms. The molecular formula is C29H59N3O7. The number of ether oxygens (including phenoxy) is 1. The lowest BCUT2D eigenvalue weighted by molar-refractivity contribution is -0.140. The number of hydrogen-bond donors (Lipinski definition) is 5. The van der Waals surface area contributed by atoms with Crippen molar-refractivity contribution in [2.45, 2.75) is 130 Å². The molecule has 0 saturated carbocycles. The first-order valence-corrected chi connectivity index (χ1v) is 15.0. The molecule has 0 heterocycles. The number of unbranched alkanes of at least 4 members (excludes halogenated alkanes) is 15. The van der Waals surface area contributed by atoms with Crippen LogP contribution in [0.15, 0.2) is 0 Å². The number of hydrogen-bond acceptors (Lipinski definition) is 7. The number of carbonyl (C=O) groups is 3. The molecule has 0 spiro atoms. The third-order valence-corrected chi connectivity index (χ3v) is 6.51. The number of nitrogens with two attached hydrogens (primary N) is 1. The zero-order valence-electron chi connectivity index (χ0n) is 25.2. The molecule has 0 fully saturated rings. The van der Waals surface area contributed by atoms with Gasteiger partial charge in [-0.3, -0.25) is 14.4 Å². The summed E-state index contributed by atoms with van der Waals surface area (Å²) in [4.78, 5) is 37.6. The highest BCUT2D eigenvalue weighted by atomic mass is 16.6. The monoisotopic (exact) mass is 561 g/mol. The van der Waals surface area contributed by atoms with Gasteiger partial charge in [0.15, 0.2) is 0 Å². The van der Waals surface area contributed by atoms with Crippen LogP contribution in [0.5, 0.6) is 0 Å². The molecule has 232 valence electrons. The molecule has 0 rings (SSSR count). The second kappa shape index (κ2) is 29.1. The number of amides is 2.